The number of fused-ring (bicyclic) bond motifs is 3. The van der Waals surface area contributed by atoms with Gasteiger partial charge < -0.3 is 20.5 Å². The summed E-state index contributed by atoms with van der Waals surface area (Å²) >= 11 is 0. The summed E-state index contributed by atoms with van der Waals surface area (Å²) < 4.78 is 5.86. The van der Waals surface area contributed by atoms with Gasteiger partial charge in [0.05, 0.1) is 6.61 Å². The van der Waals surface area contributed by atoms with Gasteiger partial charge in [-0.1, -0.05) is 60.7 Å². The number of nitrogens with one attached hydrogen (secondary N) is 2. The minimum absolute atomic E-state index is 0.0890. The van der Waals surface area contributed by atoms with Crippen molar-refractivity contribution in [3.8, 4) is 11.1 Å². The second-order valence-electron chi connectivity index (χ2n) is 8.80. The maximum Gasteiger partial charge on any atom is 0.411 e. The number of carbonyl (C=O) groups excluding carboxylic acids is 3. The van der Waals surface area contributed by atoms with Gasteiger partial charge in [0, 0.05) is 23.9 Å². The van der Waals surface area contributed by atoms with Crippen LogP contribution in [0.3, 0.4) is 0 Å². The summed E-state index contributed by atoms with van der Waals surface area (Å²) in [5.41, 5.74) is 5.10. The Morgan fingerprint density at radius 3 is 2.00 bits per heavy atom. The van der Waals surface area contributed by atoms with Crippen molar-refractivity contribution < 1.29 is 24.2 Å². The molecule has 0 saturated carbocycles. The smallest absolute Gasteiger partial charge is 0.411 e. The molecule has 3 aromatic carbocycles. The van der Waals surface area contributed by atoms with Crippen LogP contribution in [-0.4, -0.2) is 47.0 Å². The largest absolute Gasteiger partial charge is 0.436 e. The van der Waals surface area contributed by atoms with Gasteiger partial charge in [0.2, 0.25) is 11.8 Å². The monoisotopic (exact) mass is 487 g/mol. The highest BCUT2D eigenvalue weighted by molar-refractivity contribution is 5.98. The molecule has 8 heteroatoms. The molecule has 1 aliphatic rings. The number of rotatable bonds is 7. The molecule has 0 aromatic heterocycles. The molecule has 0 spiro atoms. The first-order valence-electron chi connectivity index (χ1n) is 11.7. The summed E-state index contributed by atoms with van der Waals surface area (Å²) in [6, 6.07) is 20.6. The molecule has 2 atom stereocenters. The van der Waals surface area contributed by atoms with Gasteiger partial charge >= 0.3 is 6.09 Å². The SMILES string of the molecule is C[C@H](NC(=O)[C@H](C)N(C)C(=O)OC1c2ccccc2-c2ccccc21)C(=O)Nc1ccc(CO)cc1. The van der Waals surface area contributed by atoms with Crippen LogP contribution in [0.5, 0.6) is 0 Å². The molecule has 186 valence electrons. The van der Waals surface area contributed by atoms with Crippen LogP contribution in [-0.2, 0) is 20.9 Å². The second kappa shape index (κ2) is 10.6. The summed E-state index contributed by atoms with van der Waals surface area (Å²) in [6.45, 7) is 3.05. The highest BCUT2D eigenvalue weighted by Crippen LogP contribution is 2.45. The first-order chi connectivity index (χ1) is 17.3. The lowest BCUT2D eigenvalue weighted by Crippen LogP contribution is -2.51. The Balaban J connectivity index is 1.36. The van der Waals surface area contributed by atoms with Crippen LogP contribution in [0.15, 0.2) is 72.8 Å². The quantitative estimate of drug-likeness (QED) is 0.469. The zero-order valence-corrected chi connectivity index (χ0v) is 20.4. The number of likely N-dealkylation sites (N-methyl/N-ethyl adjacent to an activating group) is 1. The molecule has 0 unspecified atom stereocenters. The Bertz CT molecular complexity index is 1230. The van der Waals surface area contributed by atoms with Crippen LogP contribution in [0, 0.1) is 0 Å². The molecule has 0 saturated heterocycles. The number of hydrogen-bond acceptors (Lipinski definition) is 5. The number of ether oxygens (including phenoxy) is 1. The molecule has 0 radical (unpaired) electrons. The molecule has 3 N–H and O–H groups in total. The Morgan fingerprint density at radius 1 is 0.889 bits per heavy atom. The average Bonchev–Trinajstić information content (AvgIpc) is 3.21. The molecule has 8 nitrogen and oxygen atoms in total. The third-order valence-electron chi connectivity index (χ3n) is 6.40. The van der Waals surface area contributed by atoms with Crippen LogP contribution >= 0.6 is 0 Å². The topological polar surface area (TPSA) is 108 Å². The number of aliphatic hydroxyl groups excluding tert-OH is 1. The van der Waals surface area contributed by atoms with Gasteiger partial charge in [-0.05, 0) is 42.7 Å². The van der Waals surface area contributed by atoms with E-state index in [1.807, 2.05) is 48.5 Å². The number of hydrogen-bond donors (Lipinski definition) is 3. The zero-order chi connectivity index (χ0) is 25.8. The highest BCUT2D eigenvalue weighted by Gasteiger charge is 2.34. The highest BCUT2D eigenvalue weighted by atomic mass is 16.6. The van der Waals surface area contributed by atoms with Gasteiger partial charge in [-0.15, -0.1) is 0 Å². The number of amides is 3. The van der Waals surface area contributed by atoms with Crippen molar-refractivity contribution in [1.82, 2.24) is 10.2 Å². The van der Waals surface area contributed by atoms with Gasteiger partial charge in [0.1, 0.15) is 12.1 Å². The van der Waals surface area contributed by atoms with Crippen molar-refractivity contribution in [3.63, 3.8) is 0 Å². The minimum atomic E-state index is -0.872. The van der Waals surface area contributed by atoms with Crippen molar-refractivity contribution in [3.05, 3.63) is 89.5 Å². The standard InChI is InChI=1S/C28H29N3O5/c1-17(26(33)30-20-14-12-19(16-32)13-15-20)29-27(34)18(2)31(3)28(35)36-25-23-10-6-4-8-21(23)22-9-5-7-11-24(22)25/h4-15,17-18,25,32H,16H2,1-3H3,(H,29,34)(H,30,33)/t17-,18-/m0/s1. The van der Waals surface area contributed by atoms with E-state index in [1.165, 1.54) is 11.9 Å². The Hall–Kier alpha value is -4.17. The lowest BCUT2D eigenvalue weighted by molar-refractivity contribution is -0.129. The van der Waals surface area contributed by atoms with E-state index in [1.54, 1.807) is 38.1 Å². The van der Waals surface area contributed by atoms with Crippen LogP contribution < -0.4 is 10.6 Å². The Morgan fingerprint density at radius 2 is 1.44 bits per heavy atom. The molecule has 4 rings (SSSR count). The first kappa shape index (κ1) is 24.9. The van der Waals surface area contributed by atoms with E-state index in [0.717, 1.165) is 27.8 Å². The average molecular weight is 488 g/mol. The van der Waals surface area contributed by atoms with E-state index >= 15 is 0 Å². The lowest BCUT2D eigenvalue weighted by Gasteiger charge is -2.26. The Kier molecular flexibility index (Phi) is 7.36. The van der Waals surface area contributed by atoms with Crippen molar-refractivity contribution >= 4 is 23.6 Å². The molecule has 36 heavy (non-hydrogen) atoms. The van der Waals surface area contributed by atoms with Crippen LogP contribution in [0.2, 0.25) is 0 Å². The fourth-order valence-corrected chi connectivity index (χ4v) is 4.10. The van der Waals surface area contributed by atoms with Crippen LogP contribution in [0.1, 0.15) is 36.6 Å². The zero-order valence-electron chi connectivity index (χ0n) is 20.4. The number of aliphatic hydroxyl groups is 1. The summed E-state index contributed by atoms with van der Waals surface area (Å²) in [5.74, 6) is -0.892. The van der Waals surface area contributed by atoms with Crippen molar-refractivity contribution in [1.29, 1.82) is 0 Å². The maximum atomic E-state index is 13.0. The normalized spacial score (nSPS) is 13.7. The second-order valence-corrected chi connectivity index (χ2v) is 8.80. The van der Waals surface area contributed by atoms with Gasteiger partial charge in [0.15, 0.2) is 6.10 Å². The van der Waals surface area contributed by atoms with E-state index in [9.17, 15) is 14.4 Å². The van der Waals surface area contributed by atoms with Crippen molar-refractivity contribution in [2.75, 3.05) is 12.4 Å². The van der Waals surface area contributed by atoms with E-state index in [4.69, 9.17) is 9.84 Å². The fraction of sp³-hybridized carbons (Fsp3) is 0.250. The molecule has 3 aromatic rings. The van der Waals surface area contributed by atoms with E-state index in [-0.39, 0.29) is 6.61 Å². The number of nitrogens with zero attached hydrogens (tertiary/aromatic N) is 1. The summed E-state index contributed by atoms with van der Waals surface area (Å²) in [5, 5.41) is 14.5. The van der Waals surface area contributed by atoms with Crippen molar-refractivity contribution in [2.24, 2.45) is 0 Å². The molecule has 0 fully saturated rings. The molecule has 0 aliphatic heterocycles. The number of carbonyl (C=O) groups is 3. The van der Waals surface area contributed by atoms with E-state index in [2.05, 4.69) is 10.6 Å². The van der Waals surface area contributed by atoms with Gasteiger partial charge in [-0.25, -0.2) is 4.79 Å². The lowest BCUT2D eigenvalue weighted by atomic mass is 10.1. The molecular weight excluding hydrogens is 458 g/mol. The number of anilines is 1. The predicted molar refractivity (Wildman–Crippen MR) is 136 cm³/mol. The predicted octanol–water partition coefficient (Wildman–Crippen LogP) is 3.85. The van der Waals surface area contributed by atoms with E-state index < -0.39 is 36.1 Å². The molecule has 1 aliphatic carbocycles. The van der Waals surface area contributed by atoms with E-state index in [0.29, 0.717) is 5.69 Å². The fourth-order valence-electron chi connectivity index (χ4n) is 4.10. The third-order valence-corrected chi connectivity index (χ3v) is 6.40. The summed E-state index contributed by atoms with van der Waals surface area (Å²) in [6.07, 6.45) is -1.21. The van der Waals surface area contributed by atoms with Crippen molar-refractivity contribution in [2.45, 2.75) is 38.6 Å². The molecule has 0 bridgehead atoms. The van der Waals surface area contributed by atoms with Gasteiger partial charge in [0.25, 0.3) is 0 Å². The van der Waals surface area contributed by atoms with Crippen LogP contribution in [0.4, 0.5) is 10.5 Å². The van der Waals surface area contributed by atoms with Gasteiger partial charge in [-0.3, -0.25) is 14.5 Å². The molecular formula is C28H29N3O5. The molecule has 3 amide bonds. The summed E-state index contributed by atoms with van der Waals surface area (Å²) in [4.78, 5) is 39.5. The van der Waals surface area contributed by atoms with Crippen LogP contribution in [0.25, 0.3) is 11.1 Å². The van der Waals surface area contributed by atoms with Gasteiger partial charge in [-0.2, -0.15) is 0 Å². The summed E-state index contributed by atoms with van der Waals surface area (Å²) in [7, 11) is 1.49. The maximum absolute atomic E-state index is 13.0. The Labute approximate surface area is 209 Å². The third kappa shape index (κ3) is 5.08. The first-order valence-corrected chi connectivity index (χ1v) is 11.7. The number of benzene rings is 3. The minimum Gasteiger partial charge on any atom is -0.436 e. The molecule has 0 heterocycles.